The maximum Gasteiger partial charge on any atom is 0.238 e. The van der Waals surface area contributed by atoms with E-state index in [9.17, 15) is 4.79 Å². The number of ether oxygens (including phenoxy) is 2. The van der Waals surface area contributed by atoms with Crippen molar-refractivity contribution in [1.29, 1.82) is 0 Å². The first-order valence-corrected chi connectivity index (χ1v) is 6.05. The third-order valence-corrected chi connectivity index (χ3v) is 2.17. The number of carbonyl (C=O) groups is 1. The summed E-state index contributed by atoms with van der Waals surface area (Å²) in [4.78, 5) is 11.6. The zero-order valence-electron chi connectivity index (χ0n) is 11.1. The summed E-state index contributed by atoms with van der Waals surface area (Å²) in [5.74, 6) is 1.23. The number of amides is 1. The first-order chi connectivity index (χ1) is 8.71. The van der Waals surface area contributed by atoms with Gasteiger partial charge < -0.3 is 20.1 Å². The van der Waals surface area contributed by atoms with Crippen LogP contribution in [0.25, 0.3) is 0 Å². The summed E-state index contributed by atoms with van der Waals surface area (Å²) in [6.07, 6.45) is 0. The molecule has 1 aromatic rings. The lowest BCUT2D eigenvalue weighted by Gasteiger charge is -2.13. The second-order valence-electron chi connectivity index (χ2n) is 3.60. The number of benzene rings is 1. The fourth-order valence-corrected chi connectivity index (χ4v) is 1.50. The van der Waals surface area contributed by atoms with Crippen LogP contribution in [0.4, 0.5) is 5.69 Å². The van der Waals surface area contributed by atoms with Gasteiger partial charge in [0.25, 0.3) is 0 Å². The normalized spacial score (nSPS) is 9.94. The molecule has 1 amide bonds. The van der Waals surface area contributed by atoms with Crippen molar-refractivity contribution in [2.45, 2.75) is 13.8 Å². The number of nitrogens with one attached hydrogen (secondary N) is 2. The Morgan fingerprint density at radius 1 is 1.22 bits per heavy atom. The van der Waals surface area contributed by atoms with Gasteiger partial charge >= 0.3 is 0 Å². The molecule has 0 radical (unpaired) electrons. The highest BCUT2D eigenvalue weighted by molar-refractivity contribution is 5.93. The van der Waals surface area contributed by atoms with E-state index in [-0.39, 0.29) is 12.5 Å². The molecule has 5 heteroatoms. The highest BCUT2D eigenvalue weighted by Gasteiger charge is 2.09. The molecule has 0 saturated heterocycles. The fourth-order valence-electron chi connectivity index (χ4n) is 1.50. The van der Waals surface area contributed by atoms with E-state index in [1.54, 1.807) is 19.2 Å². The van der Waals surface area contributed by atoms with Crippen LogP contribution in [0.1, 0.15) is 13.8 Å². The Hall–Kier alpha value is -1.75. The van der Waals surface area contributed by atoms with E-state index < -0.39 is 0 Å². The Morgan fingerprint density at radius 3 is 2.56 bits per heavy atom. The van der Waals surface area contributed by atoms with E-state index in [1.165, 1.54) is 0 Å². The molecule has 0 atom stereocenters. The number of likely N-dealkylation sites (N-methyl/N-ethyl adjacent to an activating group) is 1. The molecule has 0 bridgehead atoms. The van der Waals surface area contributed by atoms with Crippen LogP contribution < -0.4 is 20.1 Å². The predicted molar refractivity (Wildman–Crippen MR) is 71.3 cm³/mol. The third kappa shape index (κ3) is 4.25. The monoisotopic (exact) mass is 252 g/mol. The van der Waals surface area contributed by atoms with Gasteiger partial charge in [0.1, 0.15) is 11.5 Å². The van der Waals surface area contributed by atoms with Gasteiger partial charge in [-0.3, -0.25) is 4.79 Å². The van der Waals surface area contributed by atoms with Gasteiger partial charge in [-0.15, -0.1) is 0 Å². The molecule has 1 aromatic carbocycles. The quantitative estimate of drug-likeness (QED) is 0.774. The van der Waals surface area contributed by atoms with Gasteiger partial charge in [0.05, 0.1) is 25.4 Å². The van der Waals surface area contributed by atoms with Crippen LogP contribution in [-0.4, -0.2) is 32.7 Å². The summed E-state index contributed by atoms with van der Waals surface area (Å²) in [5, 5.41) is 5.58. The lowest BCUT2D eigenvalue weighted by molar-refractivity contribution is -0.115. The summed E-state index contributed by atoms with van der Waals surface area (Å²) < 4.78 is 10.9. The standard InChI is InChI=1S/C13H20N2O3/c1-4-17-10-6-7-12(18-5-2)11(8-10)15-13(16)9-14-3/h6-8,14H,4-5,9H2,1-3H3,(H,15,16). The molecule has 0 unspecified atom stereocenters. The zero-order valence-corrected chi connectivity index (χ0v) is 11.1. The average Bonchev–Trinajstić information content (AvgIpc) is 2.33. The lowest BCUT2D eigenvalue weighted by Crippen LogP contribution is -2.25. The van der Waals surface area contributed by atoms with Gasteiger partial charge in [0, 0.05) is 6.07 Å². The first-order valence-electron chi connectivity index (χ1n) is 6.05. The molecule has 0 aliphatic carbocycles. The van der Waals surface area contributed by atoms with Crippen molar-refractivity contribution in [3.8, 4) is 11.5 Å². The molecule has 2 N–H and O–H groups in total. The van der Waals surface area contributed by atoms with Crippen molar-refractivity contribution < 1.29 is 14.3 Å². The van der Waals surface area contributed by atoms with Crippen LogP contribution in [0, 0.1) is 0 Å². The van der Waals surface area contributed by atoms with Crippen molar-refractivity contribution in [2.75, 3.05) is 32.1 Å². The van der Waals surface area contributed by atoms with Crippen LogP contribution in [-0.2, 0) is 4.79 Å². The fraction of sp³-hybridized carbons (Fsp3) is 0.462. The van der Waals surface area contributed by atoms with Crippen LogP contribution >= 0.6 is 0 Å². The third-order valence-electron chi connectivity index (χ3n) is 2.17. The predicted octanol–water partition coefficient (Wildman–Crippen LogP) is 1.64. The average molecular weight is 252 g/mol. The number of carbonyl (C=O) groups excluding carboxylic acids is 1. The van der Waals surface area contributed by atoms with E-state index in [2.05, 4.69) is 10.6 Å². The highest BCUT2D eigenvalue weighted by atomic mass is 16.5. The molecule has 1 rings (SSSR count). The van der Waals surface area contributed by atoms with E-state index in [0.717, 1.165) is 0 Å². The molecule has 0 fully saturated rings. The van der Waals surface area contributed by atoms with Crippen molar-refractivity contribution in [3.05, 3.63) is 18.2 Å². The van der Waals surface area contributed by atoms with Crippen molar-refractivity contribution >= 4 is 11.6 Å². The van der Waals surface area contributed by atoms with Crippen LogP contribution in [0.5, 0.6) is 11.5 Å². The number of rotatable bonds is 7. The summed E-state index contributed by atoms with van der Waals surface area (Å²) in [6.45, 7) is 5.19. The maximum atomic E-state index is 11.6. The molecule has 0 aromatic heterocycles. The second-order valence-corrected chi connectivity index (χ2v) is 3.60. The summed E-state index contributed by atoms with van der Waals surface area (Å²) in [7, 11) is 1.72. The van der Waals surface area contributed by atoms with Gasteiger partial charge in [-0.05, 0) is 33.0 Å². The van der Waals surface area contributed by atoms with E-state index in [4.69, 9.17) is 9.47 Å². The van der Waals surface area contributed by atoms with Crippen molar-refractivity contribution in [1.82, 2.24) is 5.32 Å². The summed E-state index contributed by atoms with van der Waals surface area (Å²) in [6, 6.07) is 5.38. The first kappa shape index (κ1) is 14.3. The lowest BCUT2D eigenvalue weighted by atomic mass is 10.2. The number of hydrogen-bond acceptors (Lipinski definition) is 4. The SMILES string of the molecule is CCOc1ccc(OCC)c(NC(=O)CNC)c1. The second kappa shape index (κ2) is 7.55. The molecule has 0 aliphatic rings. The van der Waals surface area contributed by atoms with Crippen molar-refractivity contribution in [3.63, 3.8) is 0 Å². The maximum absolute atomic E-state index is 11.6. The summed E-state index contributed by atoms with van der Waals surface area (Å²) in [5.41, 5.74) is 0.628. The molecule has 0 aliphatic heterocycles. The Kier molecular flexibility index (Phi) is 6.00. The molecule has 18 heavy (non-hydrogen) atoms. The highest BCUT2D eigenvalue weighted by Crippen LogP contribution is 2.29. The van der Waals surface area contributed by atoms with E-state index in [1.807, 2.05) is 19.9 Å². The molecule has 100 valence electrons. The Balaban J connectivity index is 2.88. The van der Waals surface area contributed by atoms with E-state index in [0.29, 0.717) is 30.4 Å². The number of anilines is 1. The molecule has 0 spiro atoms. The van der Waals surface area contributed by atoms with Crippen LogP contribution in [0.15, 0.2) is 18.2 Å². The zero-order chi connectivity index (χ0) is 13.4. The van der Waals surface area contributed by atoms with Crippen LogP contribution in [0.2, 0.25) is 0 Å². The van der Waals surface area contributed by atoms with Gasteiger partial charge in [-0.2, -0.15) is 0 Å². The summed E-state index contributed by atoms with van der Waals surface area (Å²) >= 11 is 0. The number of hydrogen-bond donors (Lipinski definition) is 2. The van der Waals surface area contributed by atoms with Gasteiger partial charge in [-0.1, -0.05) is 0 Å². The Labute approximate surface area is 107 Å². The largest absolute Gasteiger partial charge is 0.494 e. The molecular formula is C13H20N2O3. The van der Waals surface area contributed by atoms with E-state index >= 15 is 0 Å². The molecule has 0 heterocycles. The van der Waals surface area contributed by atoms with Gasteiger partial charge in [0.15, 0.2) is 0 Å². The smallest absolute Gasteiger partial charge is 0.238 e. The molecule has 5 nitrogen and oxygen atoms in total. The molecule has 0 saturated carbocycles. The Morgan fingerprint density at radius 2 is 1.94 bits per heavy atom. The minimum absolute atomic E-state index is 0.118. The van der Waals surface area contributed by atoms with Gasteiger partial charge in [-0.25, -0.2) is 0 Å². The van der Waals surface area contributed by atoms with Crippen molar-refractivity contribution in [2.24, 2.45) is 0 Å². The van der Waals surface area contributed by atoms with Gasteiger partial charge in [0.2, 0.25) is 5.91 Å². The minimum Gasteiger partial charge on any atom is -0.494 e. The van der Waals surface area contributed by atoms with Crippen LogP contribution in [0.3, 0.4) is 0 Å². The molecular weight excluding hydrogens is 232 g/mol. The topological polar surface area (TPSA) is 59.6 Å². The Bertz CT molecular complexity index is 394. The minimum atomic E-state index is -0.118.